The Labute approximate surface area is 123 Å². The molecule has 1 aliphatic rings. The van der Waals surface area contributed by atoms with E-state index in [0.29, 0.717) is 24.3 Å². The monoisotopic (exact) mass is 292 g/mol. The number of nitrogens with one attached hydrogen (secondary N) is 2. The number of benzene rings is 1. The molecule has 1 fully saturated rings. The number of likely N-dealkylation sites (tertiary alicyclic amines) is 1. The third-order valence-electron chi connectivity index (χ3n) is 3.60. The van der Waals surface area contributed by atoms with E-state index < -0.39 is 6.09 Å². The Hall–Kier alpha value is -2.44. The average molecular weight is 292 g/mol. The number of piperidine rings is 1. The molecule has 1 unspecified atom stereocenters. The smallest absolute Gasteiger partial charge is 0.404 e. The van der Waals surface area contributed by atoms with Crippen LogP contribution in [0.4, 0.5) is 16.2 Å². The summed E-state index contributed by atoms with van der Waals surface area (Å²) in [6.07, 6.45) is 0.467. The second kappa shape index (κ2) is 6.34. The number of anilines is 2. The summed E-state index contributed by atoms with van der Waals surface area (Å²) < 4.78 is 0. The fourth-order valence-electron chi connectivity index (χ4n) is 2.56. The Morgan fingerprint density at radius 1 is 1.43 bits per heavy atom. The van der Waals surface area contributed by atoms with Crippen molar-refractivity contribution in [2.24, 2.45) is 0 Å². The van der Waals surface area contributed by atoms with Crippen molar-refractivity contribution in [1.82, 2.24) is 10.2 Å². The highest BCUT2D eigenvalue weighted by atomic mass is 16.4. The minimum absolute atomic E-state index is 0.124. The van der Waals surface area contributed by atoms with Crippen molar-refractivity contribution in [3.63, 3.8) is 0 Å². The minimum atomic E-state index is -1.06. The summed E-state index contributed by atoms with van der Waals surface area (Å²) in [6.45, 7) is 1.02. The third kappa shape index (κ3) is 3.56. The molecule has 0 spiro atoms. The molecule has 0 saturated carbocycles. The molecular formula is C14H20N4O3. The van der Waals surface area contributed by atoms with E-state index in [4.69, 9.17) is 10.8 Å². The predicted molar refractivity (Wildman–Crippen MR) is 80.5 cm³/mol. The number of rotatable bonds is 3. The number of nitrogens with two attached hydrogens (primary N) is 1. The van der Waals surface area contributed by atoms with Crippen molar-refractivity contribution in [2.45, 2.75) is 18.9 Å². The summed E-state index contributed by atoms with van der Waals surface area (Å²) in [5, 5.41) is 14.1. The first-order valence-electron chi connectivity index (χ1n) is 6.87. The van der Waals surface area contributed by atoms with Crippen LogP contribution in [-0.2, 0) is 0 Å². The van der Waals surface area contributed by atoms with E-state index in [1.165, 1.54) is 0 Å². The number of hydrogen-bond donors (Lipinski definition) is 4. The van der Waals surface area contributed by atoms with E-state index in [-0.39, 0.29) is 11.9 Å². The normalized spacial score (nSPS) is 18.1. The minimum Gasteiger partial charge on any atom is -0.465 e. The molecule has 0 aromatic heterocycles. The first kappa shape index (κ1) is 15.0. The molecule has 7 nitrogen and oxygen atoms in total. The van der Waals surface area contributed by atoms with Gasteiger partial charge in [0.1, 0.15) is 0 Å². The van der Waals surface area contributed by atoms with Crippen molar-refractivity contribution in [1.29, 1.82) is 0 Å². The molecule has 1 aromatic rings. The number of carboxylic acid groups (broad SMARTS) is 1. The van der Waals surface area contributed by atoms with Gasteiger partial charge in [-0.05, 0) is 31.0 Å². The van der Waals surface area contributed by atoms with Crippen molar-refractivity contribution in [3.8, 4) is 0 Å². The molecule has 114 valence electrons. The lowest BCUT2D eigenvalue weighted by molar-refractivity contribution is 0.0692. The fourth-order valence-corrected chi connectivity index (χ4v) is 2.56. The molecule has 1 aromatic carbocycles. The van der Waals surface area contributed by atoms with Gasteiger partial charge in [0.25, 0.3) is 5.91 Å². The van der Waals surface area contributed by atoms with Crippen molar-refractivity contribution in [2.75, 3.05) is 31.2 Å². The Kier molecular flexibility index (Phi) is 4.52. The Bertz CT molecular complexity index is 547. The molecule has 1 atom stereocenters. The maximum atomic E-state index is 12.5. The van der Waals surface area contributed by atoms with Crippen molar-refractivity contribution >= 4 is 23.4 Å². The number of nitrogens with zero attached hydrogens (tertiary/aromatic N) is 1. The van der Waals surface area contributed by atoms with Gasteiger partial charge in [-0.25, -0.2) is 4.79 Å². The van der Waals surface area contributed by atoms with Gasteiger partial charge < -0.3 is 26.4 Å². The summed E-state index contributed by atoms with van der Waals surface area (Å²) in [5.41, 5.74) is 7.67. The Morgan fingerprint density at radius 2 is 2.19 bits per heavy atom. The zero-order chi connectivity index (χ0) is 15.4. The van der Waals surface area contributed by atoms with Crippen LogP contribution in [0.2, 0.25) is 0 Å². The molecule has 5 N–H and O–H groups in total. The largest absolute Gasteiger partial charge is 0.465 e. The average Bonchev–Trinajstić information content (AvgIpc) is 2.46. The zero-order valence-corrected chi connectivity index (χ0v) is 11.9. The van der Waals surface area contributed by atoms with Gasteiger partial charge in [-0.3, -0.25) is 4.79 Å². The van der Waals surface area contributed by atoms with Crippen molar-refractivity contribution in [3.05, 3.63) is 23.8 Å². The molecule has 1 aliphatic heterocycles. The second-order valence-corrected chi connectivity index (χ2v) is 5.09. The van der Waals surface area contributed by atoms with E-state index in [0.717, 1.165) is 18.5 Å². The summed E-state index contributed by atoms with van der Waals surface area (Å²) >= 11 is 0. The molecule has 0 bridgehead atoms. The van der Waals surface area contributed by atoms with Gasteiger partial charge in [0.15, 0.2) is 0 Å². The molecule has 21 heavy (non-hydrogen) atoms. The van der Waals surface area contributed by atoms with Gasteiger partial charge in [-0.15, -0.1) is 0 Å². The van der Waals surface area contributed by atoms with E-state index in [1.807, 2.05) is 0 Å². The lowest BCUT2D eigenvalue weighted by Crippen LogP contribution is -2.49. The van der Waals surface area contributed by atoms with Crippen LogP contribution >= 0.6 is 0 Å². The van der Waals surface area contributed by atoms with Gasteiger partial charge >= 0.3 is 6.09 Å². The maximum Gasteiger partial charge on any atom is 0.404 e. The molecule has 1 saturated heterocycles. The highest BCUT2D eigenvalue weighted by Crippen LogP contribution is 2.21. The van der Waals surface area contributed by atoms with E-state index >= 15 is 0 Å². The quantitative estimate of drug-likeness (QED) is 0.626. The van der Waals surface area contributed by atoms with Crippen LogP contribution in [0.5, 0.6) is 0 Å². The van der Waals surface area contributed by atoms with Crippen molar-refractivity contribution < 1.29 is 14.7 Å². The number of carbonyl (C=O) groups excluding carboxylic acids is 1. The summed E-state index contributed by atoms with van der Waals surface area (Å²) in [4.78, 5) is 24.8. The van der Waals surface area contributed by atoms with Gasteiger partial charge in [0.2, 0.25) is 0 Å². The number of amides is 2. The Balaban J connectivity index is 2.08. The molecule has 0 aliphatic carbocycles. The van der Waals surface area contributed by atoms with Gasteiger partial charge in [0.05, 0.1) is 11.4 Å². The van der Waals surface area contributed by atoms with Gasteiger partial charge in [-0.1, -0.05) is 0 Å². The van der Waals surface area contributed by atoms with Crippen LogP contribution in [-0.4, -0.2) is 48.2 Å². The number of nitrogen functional groups attached to an aromatic ring is 1. The van der Waals surface area contributed by atoms with Crippen LogP contribution in [0.1, 0.15) is 23.2 Å². The third-order valence-corrected chi connectivity index (χ3v) is 3.60. The van der Waals surface area contributed by atoms with Crippen LogP contribution in [0.15, 0.2) is 18.2 Å². The number of carbonyl (C=O) groups is 2. The zero-order valence-electron chi connectivity index (χ0n) is 11.9. The lowest BCUT2D eigenvalue weighted by Gasteiger charge is -2.32. The molecule has 1 heterocycles. The molecular weight excluding hydrogens is 272 g/mol. The van der Waals surface area contributed by atoms with Gasteiger partial charge in [-0.2, -0.15) is 0 Å². The standard InChI is InChI=1S/C14H20N4O3/c1-16-12-5-4-9(7-11(12)15)13(19)18-6-2-3-10(8-18)17-14(20)21/h4-5,7,10,16-17H,2-3,6,8,15H2,1H3,(H,20,21). The predicted octanol–water partition coefficient (Wildman–Crippen LogP) is 1.18. The Morgan fingerprint density at radius 3 is 2.81 bits per heavy atom. The summed E-state index contributed by atoms with van der Waals surface area (Å²) in [7, 11) is 1.76. The first-order valence-corrected chi connectivity index (χ1v) is 6.87. The van der Waals surface area contributed by atoms with Crippen LogP contribution < -0.4 is 16.4 Å². The summed E-state index contributed by atoms with van der Waals surface area (Å²) in [5.74, 6) is -0.124. The summed E-state index contributed by atoms with van der Waals surface area (Å²) in [6, 6.07) is 4.91. The molecule has 0 radical (unpaired) electrons. The fraction of sp³-hybridized carbons (Fsp3) is 0.429. The second-order valence-electron chi connectivity index (χ2n) is 5.09. The van der Waals surface area contributed by atoms with Crippen LogP contribution in [0.25, 0.3) is 0 Å². The van der Waals surface area contributed by atoms with Gasteiger partial charge in [0, 0.05) is 31.7 Å². The maximum absolute atomic E-state index is 12.5. The SMILES string of the molecule is CNc1ccc(C(=O)N2CCCC(NC(=O)O)C2)cc1N. The van der Waals surface area contributed by atoms with E-state index in [9.17, 15) is 9.59 Å². The van der Waals surface area contributed by atoms with Crippen LogP contribution in [0.3, 0.4) is 0 Å². The first-order chi connectivity index (χ1) is 10.0. The molecule has 7 heteroatoms. The molecule has 2 rings (SSSR count). The van der Waals surface area contributed by atoms with E-state index in [2.05, 4.69) is 10.6 Å². The highest BCUT2D eigenvalue weighted by molar-refractivity contribution is 5.96. The topological polar surface area (TPSA) is 108 Å². The van der Waals surface area contributed by atoms with E-state index in [1.54, 1.807) is 30.1 Å². The van der Waals surface area contributed by atoms with Crippen LogP contribution in [0, 0.1) is 0 Å². The lowest BCUT2D eigenvalue weighted by atomic mass is 10.0. The number of hydrogen-bond acceptors (Lipinski definition) is 4. The highest BCUT2D eigenvalue weighted by Gasteiger charge is 2.25. The molecule has 2 amide bonds.